The lowest BCUT2D eigenvalue weighted by Gasteiger charge is -2.12. The first-order chi connectivity index (χ1) is 7.34. The SMILES string of the molecule is C=C(C)Cn1c(C)cc(C)c(C(=O)O)c1=O. The van der Waals surface area contributed by atoms with Crippen molar-refractivity contribution in [2.24, 2.45) is 0 Å². The molecular formula is C12H15NO3. The number of hydrogen-bond donors (Lipinski definition) is 1. The molecule has 0 amide bonds. The molecule has 1 heterocycles. The number of carboxylic acid groups (broad SMARTS) is 1. The van der Waals surface area contributed by atoms with Crippen LogP contribution in [0.3, 0.4) is 0 Å². The molecule has 0 fully saturated rings. The van der Waals surface area contributed by atoms with Crippen LogP contribution >= 0.6 is 0 Å². The zero-order chi connectivity index (χ0) is 12.5. The lowest BCUT2D eigenvalue weighted by atomic mass is 10.1. The van der Waals surface area contributed by atoms with Gasteiger partial charge in [0.05, 0.1) is 0 Å². The summed E-state index contributed by atoms with van der Waals surface area (Å²) < 4.78 is 1.43. The van der Waals surface area contributed by atoms with E-state index in [1.54, 1.807) is 26.8 Å². The second kappa shape index (κ2) is 4.35. The number of hydrogen-bond acceptors (Lipinski definition) is 2. The molecule has 0 saturated heterocycles. The van der Waals surface area contributed by atoms with E-state index >= 15 is 0 Å². The highest BCUT2D eigenvalue weighted by Crippen LogP contribution is 2.07. The van der Waals surface area contributed by atoms with Gasteiger partial charge in [0.1, 0.15) is 5.56 Å². The third-order valence-corrected chi connectivity index (χ3v) is 2.35. The fourth-order valence-electron chi connectivity index (χ4n) is 1.65. The Kier molecular flexibility index (Phi) is 3.32. The van der Waals surface area contributed by atoms with Crippen molar-refractivity contribution in [2.45, 2.75) is 27.3 Å². The molecule has 0 aliphatic heterocycles. The Hall–Kier alpha value is -1.84. The van der Waals surface area contributed by atoms with Gasteiger partial charge in [-0.05, 0) is 32.4 Å². The number of carbonyl (C=O) groups is 1. The number of pyridine rings is 1. The maximum atomic E-state index is 11.9. The monoisotopic (exact) mass is 221 g/mol. The number of nitrogens with zero attached hydrogens (tertiary/aromatic N) is 1. The van der Waals surface area contributed by atoms with E-state index < -0.39 is 11.5 Å². The molecule has 0 atom stereocenters. The second-order valence-electron chi connectivity index (χ2n) is 4.00. The van der Waals surface area contributed by atoms with Gasteiger partial charge in [0.25, 0.3) is 5.56 Å². The van der Waals surface area contributed by atoms with Crippen LogP contribution in [0, 0.1) is 13.8 Å². The summed E-state index contributed by atoms with van der Waals surface area (Å²) >= 11 is 0. The van der Waals surface area contributed by atoms with Gasteiger partial charge in [-0.25, -0.2) is 4.79 Å². The lowest BCUT2D eigenvalue weighted by Crippen LogP contribution is -2.29. The Bertz CT molecular complexity index is 512. The average Bonchev–Trinajstić information content (AvgIpc) is 2.10. The van der Waals surface area contributed by atoms with E-state index in [1.165, 1.54) is 4.57 Å². The summed E-state index contributed by atoms with van der Waals surface area (Å²) in [6.45, 7) is 9.28. The van der Waals surface area contributed by atoms with Gasteiger partial charge in [-0.3, -0.25) is 4.79 Å². The second-order valence-corrected chi connectivity index (χ2v) is 4.00. The quantitative estimate of drug-likeness (QED) is 0.791. The highest BCUT2D eigenvalue weighted by atomic mass is 16.4. The van der Waals surface area contributed by atoms with Crippen LogP contribution < -0.4 is 5.56 Å². The average molecular weight is 221 g/mol. The zero-order valence-electron chi connectivity index (χ0n) is 9.70. The fourth-order valence-corrected chi connectivity index (χ4v) is 1.65. The summed E-state index contributed by atoms with van der Waals surface area (Å²) in [5.41, 5.74) is 1.42. The number of carboxylic acids is 1. The fraction of sp³-hybridized carbons (Fsp3) is 0.333. The molecular weight excluding hydrogens is 206 g/mol. The standard InChI is InChI=1S/C12H15NO3/c1-7(2)6-13-9(4)5-8(3)10(11(13)14)12(15)16/h5H,1,6H2,2-4H3,(H,15,16). The highest BCUT2D eigenvalue weighted by Gasteiger charge is 2.16. The topological polar surface area (TPSA) is 59.3 Å². The van der Waals surface area contributed by atoms with Gasteiger partial charge >= 0.3 is 5.97 Å². The Morgan fingerprint density at radius 3 is 2.50 bits per heavy atom. The number of allylic oxidation sites excluding steroid dienone is 1. The highest BCUT2D eigenvalue weighted by molar-refractivity contribution is 5.88. The summed E-state index contributed by atoms with van der Waals surface area (Å²) in [7, 11) is 0. The van der Waals surface area contributed by atoms with E-state index in [0.717, 1.165) is 11.3 Å². The summed E-state index contributed by atoms with van der Waals surface area (Å²) in [5.74, 6) is -1.18. The third kappa shape index (κ3) is 2.21. The first-order valence-corrected chi connectivity index (χ1v) is 4.93. The van der Waals surface area contributed by atoms with Gasteiger partial charge in [-0.2, -0.15) is 0 Å². The van der Waals surface area contributed by atoms with Crippen molar-refractivity contribution in [3.05, 3.63) is 45.4 Å². The molecule has 86 valence electrons. The van der Waals surface area contributed by atoms with Crippen molar-refractivity contribution in [1.29, 1.82) is 0 Å². The van der Waals surface area contributed by atoms with E-state index in [2.05, 4.69) is 6.58 Å². The van der Waals surface area contributed by atoms with Crippen LogP contribution in [0.25, 0.3) is 0 Å². The predicted octanol–water partition coefficient (Wildman–Crippen LogP) is 1.74. The maximum Gasteiger partial charge on any atom is 0.341 e. The van der Waals surface area contributed by atoms with Crippen molar-refractivity contribution in [3.8, 4) is 0 Å². The smallest absolute Gasteiger partial charge is 0.341 e. The van der Waals surface area contributed by atoms with Crippen molar-refractivity contribution in [1.82, 2.24) is 4.57 Å². The normalized spacial score (nSPS) is 10.2. The summed E-state index contributed by atoms with van der Waals surface area (Å²) in [4.78, 5) is 22.9. The summed E-state index contributed by atoms with van der Waals surface area (Å²) in [5, 5.41) is 8.96. The minimum Gasteiger partial charge on any atom is -0.477 e. The van der Waals surface area contributed by atoms with Crippen molar-refractivity contribution in [2.75, 3.05) is 0 Å². The Morgan fingerprint density at radius 1 is 1.50 bits per heavy atom. The molecule has 0 radical (unpaired) electrons. The minimum absolute atomic E-state index is 0.160. The molecule has 0 aromatic carbocycles. The summed E-state index contributed by atoms with van der Waals surface area (Å²) in [6.07, 6.45) is 0. The summed E-state index contributed by atoms with van der Waals surface area (Å²) in [6, 6.07) is 1.70. The van der Waals surface area contributed by atoms with E-state index in [1.807, 2.05) is 0 Å². The predicted molar refractivity (Wildman–Crippen MR) is 61.9 cm³/mol. The molecule has 1 aromatic rings. The largest absolute Gasteiger partial charge is 0.477 e. The molecule has 0 aliphatic carbocycles. The Morgan fingerprint density at radius 2 is 2.06 bits per heavy atom. The van der Waals surface area contributed by atoms with Crippen molar-refractivity contribution >= 4 is 5.97 Å². The molecule has 4 nitrogen and oxygen atoms in total. The van der Waals surface area contributed by atoms with Gasteiger partial charge in [-0.15, -0.1) is 0 Å². The first kappa shape index (κ1) is 12.2. The van der Waals surface area contributed by atoms with Crippen LogP contribution in [0.4, 0.5) is 0 Å². The molecule has 0 spiro atoms. The zero-order valence-corrected chi connectivity index (χ0v) is 9.70. The molecule has 0 saturated carbocycles. The van der Waals surface area contributed by atoms with Gasteiger partial charge in [0.2, 0.25) is 0 Å². The van der Waals surface area contributed by atoms with Crippen LogP contribution in [-0.2, 0) is 6.54 Å². The van der Waals surface area contributed by atoms with Crippen LogP contribution in [0.5, 0.6) is 0 Å². The molecule has 0 aliphatic rings. The van der Waals surface area contributed by atoms with Gasteiger partial charge in [-0.1, -0.05) is 12.2 Å². The number of aromatic nitrogens is 1. The Balaban J connectivity index is 3.51. The van der Waals surface area contributed by atoms with Crippen LogP contribution in [0.15, 0.2) is 23.0 Å². The maximum absolute atomic E-state index is 11.9. The molecule has 1 aromatic heterocycles. The van der Waals surface area contributed by atoms with Gasteiger partial charge < -0.3 is 9.67 Å². The van der Waals surface area contributed by atoms with Crippen molar-refractivity contribution in [3.63, 3.8) is 0 Å². The van der Waals surface area contributed by atoms with Gasteiger partial charge in [0.15, 0.2) is 0 Å². The molecule has 1 rings (SSSR count). The van der Waals surface area contributed by atoms with Gasteiger partial charge in [0, 0.05) is 12.2 Å². The van der Waals surface area contributed by atoms with E-state index in [-0.39, 0.29) is 5.56 Å². The van der Waals surface area contributed by atoms with E-state index in [9.17, 15) is 9.59 Å². The third-order valence-electron chi connectivity index (χ3n) is 2.35. The molecule has 4 heteroatoms. The molecule has 0 unspecified atom stereocenters. The Labute approximate surface area is 93.8 Å². The number of aromatic carboxylic acids is 1. The van der Waals surface area contributed by atoms with E-state index in [0.29, 0.717) is 12.1 Å². The molecule has 1 N–H and O–H groups in total. The minimum atomic E-state index is -1.18. The number of rotatable bonds is 3. The van der Waals surface area contributed by atoms with Crippen molar-refractivity contribution < 1.29 is 9.90 Å². The van der Waals surface area contributed by atoms with Crippen LogP contribution in [-0.4, -0.2) is 15.6 Å². The molecule has 0 bridgehead atoms. The van der Waals surface area contributed by atoms with Crippen LogP contribution in [0.1, 0.15) is 28.5 Å². The number of aryl methyl sites for hydroxylation is 2. The van der Waals surface area contributed by atoms with Crippen LogP contribution in [0.2, 0.25) is 0 Å². The molecule has 16 heavy (non-hydrogen) atoms. The lowest BCUT2D eigenvalue weighted by molar-refractivity contribution is 0.0693. The van der Waals surface area contributed by atoms with E-state index in [4.69, 9.17) is 5.11 Å². The first-order valence-electron chi connectivity index (χ1n) is 4.93.